The summed E-state index contributed by atoms with van der Waals surface area (Å²) in [7, 11) is 0. The standard InChI is InChI=1S/C11H13Cl2NO2/c1-3-4-7(2)16-11(15)8-5-9(12)10(13)14-6-8/h5-7H,3-4H2,1-2H3. The second kappa shape index (κ2) is 6.06. The van der Waals surface area contributed by atoms with E-state index in [4.69, 9.17) is 27.9 Å². The number of nitrogens with zero attached hydrogens (tertiary/aromatic N) is 1. The molecule has 1 aromatic heterocycles. The summed E-state index contributed by atoms with van der Waals surface area (Å²) in [5, 5.41) is 0.430. The van der Waals surface area contributed by atoms with Crippen molar-refractivity contribution in [2.45, 2.75) is 32.8 Å². The van der Waals surface area contributed by atoms with Gasteiger partial charge in [-0.15, -0.1) is 0 Å². The third kappa shape index (κ3) is 3.65. The summed E-state index contributed by atoms with van der Waals surface area (Å²) in [6.07, 6.45) is 3.05. The van der Waals surface area contributed by atoms with Crippen molar-refractivity contribution in [3.8, 4) is 0 Å². The number of carbonyl (C=O) groups excluding carboxylic acids is 1. The van der Waals surface area contributed by atoms with Crippen molar-refractivity contribution in [2.24, 2.45) is 0 Å². The maximum Gasteiger partial charge on any atom is 0.340 e. The molecule has 16 heavy (non-hydrogen) atoms. The summed E-state index contributed by atoms with van der Waals surface area (Å²) in [6.45, 7) is 3.89. The highest BCUT2D eigenvalue weighted by Crippen LogP contribution is 2.20. The monoisotopic (exact) mass is 261 g/mol. The smallest absolute Gasteiger partial charge is 0.340 e. The topological polar surface area (TPSA) is 39.2 Å². The van der Waals surface area contributed by atoms with Gasteiger partial charge in [0.15, 0.2) is 0 Å². The molecule has 0 N–H and O–H groups in total. The van der Waals surface area contributed by atoms with Gasteiger partial charge in [-0.2, -0.15) is 0 Å². The first kappa shape index (κ1) is 13.3. The van der Waals surface area contributed by atoms with Crippen molar-refractivity contribution < 1.29 is 9.53 Å². The first-order valence-electron chi connectivity index (χ1n) is 5.06. The normalized spacial score (nSPS) is 12.2. The Bertz CT molecular complexity index is 382. The maximum absolute atomic E-state index is 11.6. The zero-order valence-corrected chi connectivity index (χ0v) is 10.7. The molecular weight excluding hydrogens is 249 g/mol. The van der Waals surface area contributed by atoms with Crippen LogP contribution in [0.25, 0.3) is 0 Å². The van der Waals surface area contributed by atoms with Gasteiger partial charge in [0.25, 0.3) is 0 Å². The Morgan fingerprint density at radius 3 is 2.81 bits per heavy atom. The van der Waals surface area contributed by atoms with Crippen LogP contribution < -0.4 is 0 Å². The van der Waals surface area contributed by atoms with Gasteiger partial charge in [0.2, 0.25) is 0 Å². The first-order valence-corrected chi connectivity index (χ1v) is 5.82. The lowest BCUT2D eigenvalue weighted by molar-refractivity contribution is 0.0323. The van der Waals surface area contributed by atoms with Crippen molar-refractivity contribution in [3.63, 3.8) is 0 Å². The van der Waals surface area contributed by atoms with E-state index in [0.29, 0.717) is 5.56 Å². The second-order valence-corrected chi connectivity index (χ2v) is 4.27. The molecule has 0 aliphatic heterocycles. The summed E-state index contributed by atoms with van der Waals surface area (Å²) < 4.78 is 5.19. The molecule has 1 rings (SSSR count). The lowest BCUT2D eigenvalue weighted by Gasteiger charge is -2.11. The molecule has 3 nitrogen and oxygen atoms in total. The van der Waals surface area contributed by atoms with Gasteiger partial charge in [-0.05, 0) is 19.4 Å². The SMILES string of the molecule is CCCC(C)OC(=O)c1cnc(Cl)c(Cl)c1. The molecule has 1 atom stereocenters. The fraction of sp³-hybridized carbons (Fsp3) is 0.455. The number of rotatable bonds is 4. The van der Waals surface area contributed by atoms with Crippen LogP contribution in [0.4, 0.5) is 0 Å². The van der Waals surface area contributed by atoms with Crippen LogP contribution in [-0.4, -0.2) is 17.1 Å². The maximum atomic E-state index is 11.6. The number of pyridine rings is 1. The Labute approximate surface area is 105 Å². The Kier molecular flexibility index (Phi) is 5.03. The molecule has 0 fully saturated rings. The molecule has 88 valence electrons. The van der Waals surface area contributed by atoms with Crippen LogP contribution in [-0.2, 0) is 4.74 Å². The minimum Gasteiger partial charge on any atom is -0.459 e. The lowest BCUT2D eigenvalue weighted by Crippen LogP contribution is -2.14. The highest BCUT2D eigenvalue weighted by Gasteiger charge is 2.13. The van der Waals surface area contributed by atoms with E-state index in [1.165, 1.54) is 12.3 Å². The molecule has 0 saturated heterocycles. The average molecular weight is 262 g/mol. The summed E-state index contributed by atoms with van der Waals surface area (Å²) in [4.78, 5) is 15.4. The predicted molar refractivity (Wildman–Crippen MR) is 64.0 cm³/mol. The third-order valence-electron chi connectivity index (χ3n) is 2.04. The molecule has 1 heterocycles. The molecule has 0 saturated carbocycles. The van der Waals surface area contributed by atoms with Crippen molar-refractivity contribution in [2.75, 3.05) is 0 Å². The number of halogens is 2. The van der Waals surface area contributed by atoms with Crippen molar-refractivity contribution in [3.05, 3.63) is 28.0 Å². The highest BCUT2D eigenvalue weighted by atomic mass is 35.5. The fourth-order valence-electron chi connectivity index (χ4n) is 1.25. The molecule has 0 radical (unpaired) electrons. The molecule has 1 aromatic rings. The largest absolute Gasteiger partial charge is 0.459 e. The minimum atomic E-state index is -0.424. The van der Waals surface area contributed by atoms with Gasteiger partial charge in [-0.3, -0.25) is 0 Å². The van der Waals surface area contributed by atoms with Gasteiger partial charge in [0.1, 0.15) is 5.15 Å². The molecule has 1 unspecified atom stereocenters. The van der Waals surface area contributed by atoms with Crippen LogP contribution in [0.15, 0.2) is 12.3 Å². The van der Waals surface area contributed by atoms with Crippen molar-refractivity contribution >= 4 is 29.2 Å². The molecule has 0 aliphatic carbocycles. The van der Waals surface area contributed by atoms with E-state index in [1.54, 1.807) is 0 Å². The van der Waals surface area contributed by atoms with Gasteiger partial charge < -0.3 is 4.74 Å². The first-order chi connectivity index (χ1) is 7.54. The molecular formula is C11H13Cl2NO2. The molecule has 0 amide bonds. The molecule has 0 bridgehead atoms. The van der Waals surface area contributed by atoms with Crippen LogP contribution in [0.3, 0.4) is 0 Å². The van der Waals surface area contributed by atoms with Crippen LogP contribution in [0, 0.1) is 0 Å². The number of aromatic nitrogens is 1. The number of carbonyl (C=O) groups is 1. The summed E-state index contributed by atoms with van der Waals surface area (Å²) in [5.41, 5.74) is 0.317. The third-order valence-corrected chi connectivity index (χ3v) is 2.72. The summed E-state index contributed by atoms with van der Waals surface area (Å²) in [5.74, 6) is -0.424. The van der Waals surface area contributed by atoms with E-state index in [0.717, 1.165) is 12.8 Å². The van der Waals surface area contributed by atoms with Crippen molar-refractivity contribution in [1.82, 2.24) is 4.98 Å². The quantitative estimate of drug-likeness (QED) is 0.613. The molecule has 0 spiro atoms. The zero-order chi connectivity index (χ0) is 12.1. The van der Waals surface area contributed by atoms with E-state index in [1.807, 2.05) is 13.8 Å². The number of hydrogen-bond donors (Lipinski definition) is 0. The fourth-order valence-corrected chi connectivity index (χ4v) is 1.52. The van der Waals surface area contributed by atoms with Gasteiger partial charge in [-0.1, -0.05) is 36.5 Å². The van der Waals surface area contributed by atoms with Crippen LogP contribution >= 0.6 is 23.2 Å². The van der Waals surface area contributed by atoms with Gasteiger partial charge in [-0.25, -0.2) is 9.78 Å². The Morgan fingerprint density at radius 1 is 1.56 bits per heavy atom. The number of hydrogen-bond acceptors (Lipinski definition) is 3. The van der Waals surface area contributed by atoms with Gasteiger partial charge in [0.05, 0.1) is 16.7 Å². The van der Waals surface area contributed by atoms with Gasteiger partial charge in [0, 0.05) is 6.20 Å². The van der Waals surface area contributed by atoms with Crippen LogP contribution in [0.1, 0.15) is 37.0 Å². The van der Waals surface area contributed by atoms with Crippen LogP contribution in [0.5, 0.6) is 0 Å². The van der Waals surface area contributed by atoms with E-state index < -0.39 is 5.97 Å². The minimum absolute atomic E-state index is 0.105. The Morgan fingerprint density at radius 2 is 2.25 bits per heavy atom. The Balaban J connectivity index is 2.69. The molecule has 0 aromatic carbocycles. The number of esters is 1. The van der Waals surface area contributed by atoms with E-state index in [-0.39, 0.29) is 16.3 Å². The van der Waals surface area contributed by atoms with E-state index in [9.17, 15) is 4.79 Å². The zero-order valence-electron chi connectivity index (χ0n) is 9.17. The molecule has 5 heteroatoms. The van der Waals surface area contributed by atoms with Gasteiger partial charge >= 0.3 is 5.97 Å². The lowest BCUT2D eigenvalue weighted by atomic mass is 10.2. The summed E-state index contributed by atoms with van der Waals surface area (Å²) in [6, 6.07) is 1.46. The average Bonchev–Trinajstić information content (AvgIpc) is 2.22. The number of ether oxygens (including phenoxy) is 1. The van der Waals surface area contributed by atoms with E-state index >= 15 is 0 Å². The molecule has 0 aliphatic rings. The Hall–Kier alpha value is -0.800. The highest BCUT2D eigenvalue weighted by molar-refractivity contribution is 6.41. The predicted octanol–water partition coefficient (Wildman–Crippen LogP) is 3.73. The summed E-state index contributed by atoms with van der Waals surface area (Å²) >= 11 is 11.4. The van der Waals surface area contributed by atoms with Crippen molar-refractivity contribution in [1.29, 1.82) is 0 Å². The van der Waals surface area contributed by atoms with Crippen LogP contribution in [0.2, 0.25) is 10.2 Å². The second-order valence-electron chi connectivity index (χ2n) is 3.50. The van der Waals surface area contributed by atoms with E-state index in [2.05, 4.69) is 4.98 Å².